The molecule has 1 N–H and O–H groups in total. The van der Waals surface area contributed by atoms with Gasteiger partial charge in [-0.15, -0.1) is 52.4 Å². The molecule has 36 heavy (non-hydrogen) atoms. The molecule has 0 atom stereocenters. The first-order valence-corrected chi connectivity index (χ1v) is 12.5. The summed E-state index contributed by atoms with van der Waals surface area (Å²) < 4.78 is 1.23. The van der Waals surface area contributed by atoms with Gasteiger partial charge in [0.15, 0.2) is 0 Å². The van der Waals surface area contributed by atoms with E-state index in [-0.39, 0.29) is 20.1 Å². The number of nitrogens with zero attached hydrogens (tertiary/aromatic N) is 2. The van der Waals surface area contributed by atoms with E-state index in [2.05, 4.69) is 103 Å². The average Bonchev–Trinajstić information content (AvgIpc) is 3.34. The van der Waals surface area contributed by atoms with Gasteiger partial charge < -0.3 is 5.32 Å². The van der Waals surface area contributed by atoms with Crippen molar-refractivity contribution in [2.24, 2.45) is 0 Å². The summed E-state index contributed by atoms with van der Waals surface area (Å²) in [5, 5.41) is 7.05. The summed E-state index contributed by atoms with van der Waals surface area (Å²) in [6.07, 6.45) is 2.06. The number of benzene rings is 3. The maximum absolute atomic E-state index is 5.07. The van der Waals surface area contributed by atoms with Gasteiger partial charge in [-0.2, -0.15) is 0 Å². The predicted molar refractivity (Wildman–Crippen MR) is 143 cm³/mol. The molecule has 0 saturated heterocycles. The molecule has 1 aliphatic rings. The topological polar surface area (TPSA) is 37.8 Å². The first-order chi connectivity index (χ1) is 17.3. The normalized spacial score (nSPS) is 12.9. The Bertz CT molecular complexity index is 1720. The van der Waals surface area contributed by atoms with Crippen molar-refractivity contribution < 1.29 is 20.1 Å². The zero-order valence-corrected chi connectivity index (χ0v) is 22.4. The van der Waals surface area contributed by atoms with Crippen LogP contribution in [0.25, 0.3) is 42.7 Å². The molecule has 0 aliphatic carbocycles. The standard InChI is InChI=1S/C31H20N3S.Ir/c1-2-11-26-21(7-1)15-25-16-24-10-5-12-28(33-24)30-17-27-23(9-4-13-29(27)35-30)19-32-18-20-6-3-8-22(14-20)31(26)34-25;/h1-13,15-16,32H,18-19H2;/q-2;. The molecule has 0 amide bonds. The van der Waals surface area contributed by atoms with E-state index in [1.54, 1.807) is 11.3 Å². The van der Waals surface area contributed by atoms with Crippen molar-refractivity contribution >= 4 is 32.2 Å². The summed E-state index contributed by atoms with van der Waals surface area (Å²) in [5.41, 5.74) is 6.99. The van der Waals surface area contributed by atoms with Gasteiger partial charge in [0.1, 0.15) is 0 Å². The fourth-order valence-electron chi connectivity index (χ4n) is 4.71. The molecule has 1 aliphatic heterocycles. The van der Waals surface area contributed by atoms with E-state index in [0.29, 0.717) is 0 Å². The Kier molecular flexibility index (Phi) is 6.24. The van der Waals surface area contributed by atoms with Crippen molar-refractivity contribution in [2.45, 2.75) is 13.1 Å². The van der Waals surface area contributed by atoms with Crippen LogP contribution in [0.3, 0.4) is 0 Å². The molecule has 176 valence electrons. The molecule has 0 spiro atoms. The number of fused-ring (bicyclic) bond motifs is 11. The van der Waals surface area contributed by atoms with Gasteiger partial charge >= 0.3 is 0 Å². The van der Waals surface area contributed by atoms with Crippen LogP contribution in [0.1, 0.15) is 22.5 Å². The monoisotopic (exact) mass is 659 g/mol. The first kappa shape index (κ1) is 23.2. The van der Waals surface area contributed by atoms with Crippen LogP contribution in [0.2, 0.25) is 0 Å². The summed E-state index contributed by atoms with van der Waals surface area (Å²) in [5.74, 6) is 0. The summed E-state index contributed by atoms with van der Waals surface area (Å²) in [4.78, 5) is 11.1. The van der Waals surface area contributed by atoms with Crippen LogP contribution in [-0.4, -0.2) is 9.97 Å². The van der Waals surface area contributed by atoms with Crippen LogP contribution < -0.4 is 5.32 Å². The molecule has 2 radical (unpaired) electrons. The van der Waals surface area contributed by atoms with Gasteiger partial charge in [-0.05, 0) is 44.7 Å². The molecule has 3 aromatic heterocycles. The van der Waals surface area contributed by atoms with Gasteiger partial charge in [-0.3, -0.25) is 9.97 Å². The van der Waals surface area contributed by atoms with Gasteiger partial charge in [-0.1, -0.05) is 54.6 Å². The van der Waals surface area contributed by atoms with Crippen LogP contribution in [-0.2, 0) is 33.2 Å². The molecule has 0 fully saturated rings. The van der Waals surface area contributed by atoms with Gasteiger partial charge in [0.25, 0.3) is 0 Å². The molecular weight excluding hydrogens is 639 g/mol. The van der Waals surface area contributed by atoms with E-state index >= 15 is 0 Å². The van der Waals surface area contributed by atoms with Crippen molar-refractivity contribution in [1.29, 1.82) is 0 Å². The number of pyridine rings is 2. The van der Waals surface area contributed by atoms with Crippen LogP contribution in [0, 0.1) is 18.6 Å². The molecule has 5 heteroatoms. The molecule has 8 bridgehead atoms. The van der Waals surface area contributed by atoms with Crippen LogP contribution in [0.5, 0.6) is 0 Å². The van der Waals surface area contributed by atoms with E-state index in [1.165, 1.54) is 10.3 Å². The fourth-order valence-corrected chi connectivity index (χ4v) is 5.74. The minimum absolute atomic E-state index is 0. The molecule has 3 nitrogen and oxygen atoms in total. The maximum atomic E-state index is 5.07. The van der Waals surface area contributed by atoms with E-state index in [9.17, 15) is 0 Å². The smallest absolute Gasteiger partial charge is 0.0556 e. The Labute approximate surface area is 227 Å². The minimum Gasteiger partial charge on any atom is -0.319 e. The van der Waals surface area contributed by atoms with Crippen molar-refractivity contribution in [3.63, 3.8) is 0 Å². The molecular formula is C31H20IrN3S-2. The van der Waals surface area contributed by atoms with E-state index in [0.717, 1.165) is 68.0 Å². The zero-order chi connectivity index (χ0) is 23.2. The van der Waals surface area contributed by atoms with Crippen molar-refractivity contribution in [3.8, 4) is 21.8 Å². The zero-order valence-electron chi connectivity index (χ0n) is 19.2. The van der Waals surface area contributed by atoms with Gasteiger partial charge in [0.2, 0.25) is 0 Å². The number of aromatic nitrogens is 2. The van der Waals surface area contributed by atoms with E-state index in [4.69, 9.17) is 9.97 Å². The molecule has 0 unspecified atom stereocenters. The minimum atomic E-state index is 0. The summed E-state index contributed by atoms with van der Waals surface area (Å²) in [6, 6.07) is 36.7. The second kappa shape index (κ2) is 9.68. The van der Waals surface area contributed by atoms with Crippen molar-refractivity contribution in [1.82, 2.24) is 15.3 Å². The SMILES string of the molecule is [Ir].[c-]1c2cccc1-c1nc(cc3ccccc13)[CH]c1cccc(n1)-c1[c-]c3c(cccc3s1)CNC2. The third kappa shape index (κ3) is 4.29. The molecule has 7 rings (SSSR count). The second-order valence-electron chi connectivity index (χ2n) is 8.75. The Morgan fingerprint density at radius 1 is 0.778 bits per heavy atom. The Morgan fingerprint density at radius 2 is 1.67 bits per heavy atom. The molecule has 3 aromatic carbocycles. The summed E-state index contributed by atoms with van der Waals surface area (Å²) >= 11 is 1.74. The average molecular weight is 659 g/mol. The largest absolute Gasteiger partial charge is 0.319 e. The number of hydrogen-bond acceptors (Lipinski definition) is 4. The first-order valence-electron chi connectivity index (χ1n) is 11.7. The van der Waals surface area contributed by atoms with Crippen LogP contribution in [0.15, 0.2) is 84.9 Å². The Balaban J connectivity index is 0.00000240. The molecule has 0 saturated carbocycles. The van der Waals surface area contributed by atoms with E-state index in [1.807, 2.05) is 6.07 Å². The van der Waals surface area contributed by atoms with Crippen LogP contribution >= 0.6 is 11.3 Å². The quantitative estimate of drug-likeness (QED) is 0.179. The third-order valence-corrected chi connectivity index (χ3v) is 7.44. The number of thiophene rings is 1. The third-order valence-electron chi connectivity index (χ3n) is 6.36. The second-order valence-corrected chi connectivity index (χ2v) is 9.80. The molecule has 4 heterocycles. The van der Waals surface area contributed by atoms with Crippen LogP contribution in [0.4, 0.5) is 0 Å². The van der Waals surface area contributed by atoms with Crippen molar-refractivity contribution in [3.05, 3.63) is 126 Å². The maximum Gasteiger partial charge on any atom is 0.0556 e. The molecule has 6 aromatic rings. The number of rotatable bonds is 0. The summed E-state index contributed by atoms with van der Waals surface area (Å²) in [7, 11) is 0. The number of nitrogens with one attached hydrogen (secondary N) is 1. The van der Waals surface area contributed by atoms with Gasteiger partial charge in [-0.25, -0.2) is 11.3 Å². The number of hydrogen-bond donors (Lipinski definition) is 1. The Morgan fingerprint density at radius 3 is 2.64 bits per heavy atom. The van der Waals surface area contributed by atoms with Gasteiger partial charge in [0, 0.05) is 43.7 Å². The summed E-state index contributed by atoms with van der Waals surface area (Å²) in [6.45, 7) is 1.49. The van der Waals surface area contributed by atoms with E-state index < -0.39 is 0 Å². The van der Waals surface area contributed by atoms with Crippen molar-refractivity contribution in [2.75, 3.05) is 0 Å². The predicted octanol–water partition coefficient (Wildman–Crippen LogP) is 6.98. The Hall–Kier alpha value is -3.21. The van der Waals surface area contributed by atoms with Gasteiger partial charge in [0.05, 0.1) is 6.42 Å². The fraction of sp³-hybridized carbons (Fsp3) is 0.0645.